The van der Waals surface area contributed by atoms with Crippen LogP contribution in [0.25, 0.3) is 6.08 Å². The lowest BCUT2D eigenvalue weighted by Crippen LogP contribution is -2.49. The number of amides is 1. The van der Waals surface area contributed by atoms with E-state index in [2.05, 4.69) is 29.2 Å². The van der Waals surface area contributed by atoms with Crippen molar-refractivity contribution in [3.8, 4) is 5.75 Å². The molecule has 1 heterocycles. The number of rotatable bonds is 5. The van der Waals surface area contributed by atoms with Crippen molar-refractivity contribution in [2.75, 3.05) is 32.7 Å². The van der Waals surface area contributed by atoms with Crippen LogP contribution in [0.2, 0.25) is 0 Å². The van der Waals surface area contributed by atoms with Gasteiger partial charge in [-0.05, 0) is 23.3 Å². The Morgan fingerprint density at radius 1 is 0.960 bits per heavy atom. The molecule has 0 aromatic heterocycles. The maximum absolute atomic E-state index is 12.4. The fraction of sp³-hybridized carbons (Fsp3) is 0.286. The fourth-order valence-electron chi connectivity index (χ4n) is 2.98. The van der Waals surface area contributed by atoms with Crippen LogP contribution in [0.1, 0.15) is 11.1 Å². The van der Waals surface area contributed by atoms with Crippen molar-refractivity contribution in [3.63, 3.8) is 0 Å². The van der Waals surface area contributed by atoms with E-state index < -0.39 is 0 Å². The van der Waals surface area contributed by atoms with Crippen molar-refractivity contribution in [2.24, 2.45) is 0 Å². The minimum Gasteiger partial charge on any atom is -0.508 e. The molecule has 4 nitrogen and oxygen atoms in total. The summed E-state index contributed by atoms with van der Waals surface area (Å²) in [6.07, 6.45) is 4.72. The van der Waals surface area contributed by atoms with Gasteiger partial charge in [-0.25, -0.2) is 0 Å². The van der Waals surface area contributed by atoms with E-state index in [4.69, 9.17) is 0 Å². The van der Waals surface area contributed by atoms with E-state index in [1.165, 1.54) is 5.56 Å². The van der Waals surface area contributed by atoms with Crippen LogP contribution in [-0.4, -0.2) is 53.5 Å². The number of hydrogen-bond acceptors (Lipinski definition) is 3. The highest BCUT2D eigenvalue weighted by atomic mass is 16.3. The van der Waals surface area contributed by atoms with E-state index in [0.717, 1.165) is 38.3 Å². The van der Waals surface area contributed by atoms with Crippen LogP contribution in [0, 0.1) is 0 Å². The highest BCUT2D eigenvalue weighted by molar-refractivity contribution is 5.79. The van der Waals surface area contributed by atoms with E-state index in [-0.39, 0.29) is 11.7 Å². The summed E-state index contributed by atoms with van der Waals surface area (Å²) in [4.78, 5) is 16.7. The molecular weight excluding hydrogens is 312 g/mol. The van der Waals surface area contributed by atoms with Crippen molar-refractivity contribution < 1.29 is 9.90 Å². The van der Waals surface area contributed by atoms with Gasteiger partial charge < -0.3 is 10.0 Å². The van der Waals surface area contributed by atoms with Gasteiger partial charge in [-0.2, -0.15) is 0 Å². The second kappa shape index (κ2) is 8.49. The Bertz CT molecular complexity index is 702. The summed E-state index contributed by atoms with van der Waals surface area (Å²) in [5, 5.41) is 9.31. The van der Waals surface area contributed by atoms with Gasteiger partial charge in [0.05, 0.1) is 6.42 Å². The van der Waals surface area contributed by atoms with Crippen molar-refractivity contribution in [3.05, 3.63) is 71.8 Å². The largest absolute Gasteiger partial charge is 0.508 e. The number of carbonyl (C=O) groups excluding carboxylic acids is 1. The molecule has 3 rings (SSSR count). The average molecular weight is 336 g/mol. The van der Waals surface area contributed by atoms with Crippen molar-refractivity contribution >= 4 is 12.0 Å². The van der Waals surface area contributed by atoms with E-state index >= 15 is 0 Å². The molecule has 2 aromatic rings. The predicted molar refractivity (Wildman–Crippen MR) is 100 cm³/mol. The minimum absolute atomic E-state index is 0.158. The topological polar surface area (TPSA) is 43.8 Å². The van der Waals surface area contributed by atoms with Gasteiger partial charge in [0.25, 0.3) is 0 Å². The number of phenols is 1. The van der Waals surface area contributed by atoms with E-state index in [9.17, 15) is 9.90 Å². The second-order valence-electron chi connectivity index (χ2n) is 6.34. The molecule has 0 atom stereocenters. The van der Waals surface area contributed by atoms with Crippen molar-refractivity contribution in [1.82, 2.24) is 9.80 Å². The standard InChI is InChI=1S/C21H24N2O2/c24-20-10-8-19(9-11-20)17-21(25)23-15-13-22(14-16-23)12-4-7-18-5-2-1-3-6-18/h1-11,24H,12-17H2/b7-4+. The lowest BCUT2D eigenvalue weighted by Gasteiger charge is -2.34. The first kappa shape index (κ1) is 17.2. The van der Waals surface area contributed by atoms with Crippen LogP contribution < -0.4 is 0 Å². The molecular formula is C21H24N2O2. The fourth-order valence-corrected chi connectivity index (χ4v) is 2.98. The highest BCUT2D eigenvalue weighted by Crippen LogP contribution is 2.12. The molecule has 0 bridgehead atoms. The van der Waals surface area contributed by atoms with Crippen molar-refractivity contribution in [1.29, 1.82) is 0 Å². The van der Waals surface area contributed by atoms with Gasteiger partial charge in [-0.3, -0.25) is 9.69 Å². The number of benzene rings is 2. The highest BCUT2D eigenvalue weighted by Gasteiger charge is 2.20. The lowest BCUT2D eigenvalue weighted by molar-refractivity contribution is -0.132. The summed E-state index contributed by atoms with van der Waals surface area (Å²) in [7, 11) is 0. The Balaban J connectivity index is 1.42. The molecule has 1 aliphatic rings. The Kier molecular flexibility index (Phi) is 5.86. The van der Waals surface area contributed by atoms with Crippen LogP contribution in [0.4, 0.5) is 0 Å². The van der Waals surface area contributed by atoms with Gasteiger partial charge in [0.1, 0.15) is 5.75 Å². The first-order valence-electron chi connectivity index (χ1n) is 8.70. The van der Waals surface area contributed by atoms with Gasteiger partial charge in [0.2, 0.25) is 5.91 Å². The number of aromatic hydroxyl groups is 1. The molecule has 1 fully saturated rings. The summed E-state index contributed by atoms with van der Waals surface area (Å²) in [6.45, 7) is 4.27. The van der Waals surface area contributed by atoms with Gasteiger partial charge in [-0.1, -0.05) is 54.6 Å². The molecule has 1 aliphatic heterocycles. The number of hydrogen-bond donors (Lipinski definition) is 1. The molecule has 0 unspecified atom stereocenters. The third kappa shape index (κ3) is 5.19. The zero-order valence-electron chi connectivity index (χ0n) is 14.3. The number of nitrogens with zero attached hydrogens (tertiary/aromatic N) is 2. The molecule has 2 aromatic carbocycles. The molecule has 1 saturated heterocycles. The van der Waals surface area contributed by atoms with Crippen LogP contribution in [0.3, 0.4) is 0 Å². The van der Waals surface area contributed by atoms with Crippen LogP contribution in [-0.2, 0) is 11.2 Å². The maximum atomic E-state index is 12.4. The molecule has 0 saturated carbocycles. The first-order chi connectivity index (χ1) is 12.2. The minimum atomic E-state index is 0.158. The van der Waals surface area contributed by atoms with E-state index in [1.807, 2.05) is 23.1 Å². The summed E-state index contributed by atoms with van der Waals surface area (Å²) in [6, 6.07) is 17.1. The summed E-state index contributed by atoms with van der Waals surface area (Å²) in [5.74, 6) is 0.388. The Labute approximate surface area is 149 Å². The number of phenolic OH excluding ortho intramolecular Hbond substituents is 1. The summed E-state index contributed by atoms with van der Waals surface area (Å²) in [5.41, 5.74) is 2.15. The average Bonchev–Trinajstić information content (AvgIpc) is 2.65. The Hall–Kier alpha value is -2.59. The third-order valence-electron chi connectivity index (χ3n) is 4.49. The summed E-state index contributed by atoms with van der Waals surface area (Å²) < 4.78 is 0. The van der Waals surface area contributed by atoms with Crippen molar-refractivity contribution in [2.45, 2.75) is 6.42 Å². The molecule has 0 spiro atoms. The molecule has 25 heavy (non-hydrogen) atoms. The Morgan fingerprint density at radius 3 is 2.32 bits per heavy atom. The smallest absolute Gasteiger partial charge is 0.227 e. The Morgan fingerprint density at radius 2 is 1.64 bits per heavy atom. The third-order valence-corrected chi connectivity index (χ3v) is 4.49. The monoisotopic (exact) mass is 336 g/mol. The molecule has 130 valence electrons. The van der Waals surface area contributed by atoms with Crippen LogP contribution >= 0.6 is 0 Å². The van der Waals surface area contributed by atoms with E-state index in [0.29, 0.717) is 6.42 Å². The zero-order chi connectivity index (χ0) is 17.5. The van der Waals surface area contributed by atoms with Gasteiger partial charge in [0, 0.05) is 32.7 Å². The second-order valence-corrected chi connectivity index (χ2v) is 6.34. The molecule has 1 N–H and O–H groups in total. The number of piperazine rings is 1. The predicted octanol–water partition coefficient (Wildman–Crippen LogP) is 2.79. The van der Waals surface area contributed by atoms with Crippen LogP contribution in [0.15, 0.2) is 60.7 Å². The van der Waals surface area contributed by atoms with Gasteiger partial charge in [-0.15, -0.1) is 0 Å². The summed E-state index contributed by atoms with van der Waals surface area (Å²) >= 11 is 0. The van der Waals surface area contributed by atoms with Gasteiger partial charge in [0.15, 0.2) is 0 Å². The normalized spacial score (nSPS) is 15.6. The molecule has 4 heteroatoms. The number of carbonyl (C=O) groups is 1. The molecule has 1 amide bonds. The molecule has 0 aliphatic carbocycles. The van der Waals surface area contributed by atoms with Crippen LogP contribution in [0.5, 0.6) is 5.75 Å². The zero-order valence-corrected chi connectivity index (χ0v) is 14.3. The quantitative estimate of drug-likeness (QED) is 0.913. The van der Waals surface area contributed by atoms with E-state index in [1.54, 1.807) is 24.3 Å². The van der Waals surface area contributed by atoms with Gasteiger partial charge >= 0.3 is 0 Å². The maximum Gasteiger partial charge on any atom is 0.227 e. The SMILES string of the molecule is O=C(Cc1ccc(O)cc1)N1CCN(C/C=C/c2ccccc2)CC1. The first-order valence-corrected chi connectivity index (χ1v) is 8.70. The molecule has 0 radical (unpaired) electrons. The lowest BCUT2D eigenvalue weighted by atomic mass is 10.1.